The van der Waals surface area contributed by atoms with Gasteiger partial charge in [0.05, 0.1) is 4.92 Å². The van der Waals surface area contributed by atoms with E-state index in [2.05, 4.69) is 17.2 Å². The highest BCUT2D eigenvalue weighted by molar-refractivity contribution is 5.40. The Morgan fingerprint density at radius 1 is 1.53 bits per heavy atom. The minimum Gasteiger partial charge on any atom is -0.370 e. The minimum atomic E-state index is -0.434. The first-order valence-corrected chi connectivity index (χ1v) is 5.99. The molecule has 1 aromatic rings. The summed E-state index contributed by atoms with van der Waals surface area (Å²) in [6.45, 7) is 3.12. The third kappa shape index (κ3) is 2.93. The second-order valence-electron chi connectivity index (χ2n) is 4.76. The van der Waals surface area contributed by atoms with Gasteiger partial charge in [0.2, 0.25) is 0 Å². The van der Waals surface area contributed by atoms with Crippen LogP contribution in [-0.2, 0) is 0 Å². The fourth-order valence-corrected chi connectivity index (χ4v) is 2.10. The van der Waals surface area contributed by atoms with Crippen LogP contribution < -0.4 is 5.32 Å². The lowest BCUT2D eigenvalue weighted by Gasteiger charge is -2.14. The first-order valence-electron chi connectivity index (χ1n) is 5.99. The molecule has 92 valence electrons. The van der Waals surface area contributed by atoms with Gasteiger partial charge in [-0.05, 0) is 30.7 Å². The summed E-state index contributed by atoms with van der Waals surface area (Å²) in [5, 5.41) is 13.7. The quantitative estimate of drug-likeness (QED) is 0.608. The highest BCUT2D eigenvalue weighted by atomic mass is 16.6. The molecule has 1 saturated carbocycles. The molecule has 0 radical (unpaired) electrons. The van der Waals surface area contributed by atoms with E-state index in [4.69, 9.17) is 0 Å². The van der Waals surface area contributed by atoms with Gasteiger partial charge < -0.3 is 5.32 Å². The average molecular weight is 235 g/mol. The van der Waals surface area contributed by atoms with Gasteiger partial charge in [0, 0.05) is 12.6 Å². The van der Waals surface area contributed by atoms with Crippen LogP contribution in [0.5, 0.6) is 0 Å². The number of aromatic nitrogens is 1. The van der Waals surface area contributed by atoms with E-state index in [1.165, 1.54) is 37.9 Å². The molecular formula is C12H17N3O2. The Kier molecular flexibility index (Phi) is 3.26. The summed E-state index contributed by atoms with van der Waals surface area (Å²) < 4.78 is 0. The standard InChI is InChI=1S/C12H17N3O2/c1-2-5-12(6-7-12)9-14-11-4-3-10(8-13-11)15(16)17/h3-4,8H,2,5-7,9H2,1H3,(H,13,14). The lowest BCUT2D eigenvalue weighted by Crippen LogP contribution is -2.15. The molecule has 1 fully saturated rings. The van der Waals surface area contributed by atoms with E-state index in [0.717, 1.165) is 12.4 Å². The Morgan fingerprint density at radius 3 is 2.76 bits per heavy atom. The van der Waals surface area contributed by atoms with Crippen molar-refractivity contribution in [3.8, 4) is 0 Å². The molecule has 1 heterocycles. The summed E-state index contributed by atoms with van der Waals surface area (Å²) in [5.74, 6) is 0.720. The van der Waals surface area contributed by atoms with Crippen LogP contribution in [0.2, 0.25) is 0 Å². The minimum absolute atomic E-state index is 0.0326. The Morgan fingerprint density at radius 2 is 2.29 bits per heavy atom. The Hall–Kier alpha value is -1.65. The van der Waals surface area contributed by atoms with Crippen molar-refractivity contribution in [2.75, 3.05) is 11.9 Å². The van der Waals surface area contributed by atoms with Crippen molar-refractivity contribution < 1.29 is 4.92 Å². The second kappa shape index (κ2) is 4.69. The fraction of sp³-hybridized carbons (Fsp3) is 0.583. The van der Waals surface area contributed by atoms with Crippen LogP contribution in [0.1, 0.15) is 32.6 Å². The van der Waals surface area contributed by atoms with Crippen LogP contribution in [0.15, 0.2) is 18.3 Å². The monoisotopic (exact) mass is 235 g/mol. The lowest BCUT2D eigenvalue weighted by molar-refractivity contribution is -0.385. The molecule has 1 aliphatic carbocycles. The molecule has 5 heteroatoms. The van der Waals surface area contributed by atoms with Crippen LogP contribution >= 0.6 is 0 Å². The highest BCUT2D eigenvalue weighted by Gasteiger charge is 2.41. The zero-order valence-electron chi connectivity index (χ0n) is 9.98. The molecular weight excluding hydrogens is 218 g/mol. The van der Waals surface area contributed by atoms with Gasteiger partial charge in [-0.25, -0.2) is 4.98 Å². The number of nitrogens with zero attached hydrogens (tertiary/aromatic N) is 2. The van der Waals surface area contributed by atoms with E-state index in [-0.39, 0.29) is 5.69 Å². The maximum Gasteiger partial charge on any atom is 0.287 e. The predicted molar refractivity (Wildman–Crippen MR) is 66.0 cm³/mol. The summed E-state index contributed by atoms with van der Waals surface area (Å²) in [7, 11) is 0. The number of hydrogen-bond donors (Lipinski definition) is 1. The summed E-state index contributed by atoms with van der Waals surface area (Å²) in [6, 6.07) is 3.15. The molecule has 5 nitrogen and oxygen atoms in total. The summed E-state index contributed by atoms with van der Waals surface area (Å²) in [5.41, 5.74) is 0.489. The van der Waals surface area contributed by atoms with Gasteiger partial charge in [0.15, 0.2) is 0 Å². The van der Waals surface area contributed by atoms with E-state index < -0.39 is 4.92 Å². The SMILES string of the molecule is CCCC1(CNc2ccc([N+](=O)[O-])cn2)CC1. The highest BCUT2D eigenvalue weighted by Crippen LogP contribution is 2.49. The number of nitro groups is 1. The maximum absolute atomic E-state index is 10.5. The van der Waals surface area contributed by atoms with E-state index in [1.54, 1.807) is 6.07 Å². The molecule has 17 heavy (non-hydrogen) atoms. The van der Waals surface area contributed by atoms with Crippen LogP contribution in [0.3, 0.4) is 0 Å². The molecule has 1 aliphatic rings. The van der Waals surface area contributed by atoms with Crippen molar-refractivity contribution in [1.82, 2.24) is 4.98 Å². The fourth-order valence-electron chi connectivity index (χ4n) is 2.10. The number of rotatable bonds is 6. The zero-order valence-corrected chi connectivity index (χ0v) is 9.98. The van der Waals surface area contributed by atoms with Gasteiger partial charge in [-0.2, -0.15) is 0 Å². The van der Waals surface area contributed by atoms with Gasteiger partial charge in [-0.15, -0.1) is 0 Å². The normalized spacial score (nSPS) is 16.5. The predicted octanol–water partition coefficient (Wildman–Crippen LogP) is 2.98. The molecule has 2 rings (SSSR count). The lowest BCUT2D eigenvalue weighted by atomic mass is 10.0. The summed E-state index contributed by atoms with van der Waals surface area (Å²) in [6.07, 6.45) is 6.30. The summed E-state index contributed by atoms with van der Waals surface area (Å²) in [4.78, 5) is 14.1. The summed E-state index contributed by atoms with van der Waals surface area (Å²) >= 11 is 0. The van der Waals surface area contributed by atoms with Crippen molar-refractivity contribution in [2.45, 2.75) is 32.6 Å². The Bertz CT molecular complexity index is 399. The number of nitrogens with one attached hydrogen (secondary N) is 1. The van der Waals surface area contributed by atoms with Crippen molar-refractivity contribution in [3.63, 3.8) is 0 Å². The van der Waals surface area contributed by atoms with Crippen molar-refractivity contribution in [3.05, 3.63) is 28.4 Å². The molecule has 0 aliphatic heterocycles. The van der Waals surface area contributed by atoms with Crippen LogP contribution in [0.4, 0.5) is 11.5 Å². The third-order valence-electron chi connectivity index (χ3n) is 3.34. The van der Waals surface area contributed by atoms with Gasteiger partial charge in [-0.1, -0.05) is 13.3 Å². The molecule has 1 N–H and O–H groups in total. The topological polar surface area (TPSA) is 68.1 Å². The Balaban J connectivity index is 1.89. The molecule has 0 aromatic carbocycles. The van der Waals surface area contributed by atoms with E-state index in [9.17, 15) is 10.1 Å². The molecule has 0 saturated heterocycles. The van der Waals surface area contributed by atoms with Crippen molar-refractivity contribution in [1.29, 1.82) is 0 Å². The maximum atomic E-state index is 10.5. The van der Waals surface area contributed by atoms with Crippen molar-refractivity contribution >= 4 is 11.5 Å². The number of anilines is 1. The number of pyridine rings is 1. The van der Waals surface area contributed by atoms with E-state index in [1.807, 2.05) is 0 Å². The van der Waals surface area contributed by atoms with E-state index in [0.29, 0.717) is 5.41 Å². The Labute approximate surface area is 100 Å². The molecule has 0 bridgehead atoms. The smallest absolute Gasteiger partial charge is 0.287 e. The van der Waals surface area contributed by atoms with Gasteiger partial charge in [0.25, 0.3) is 5.69 Å². The molecule has 1 aromatic heterocycles. The largest absolute Gasteiger partial charge is 0.370 e. The first kappa shape index (κ1) is 11.8. The van der Waals surface area contributed by atoms with Gasteiger partial charge in [0.1, 0.15) is 12.0 Å². The molecule has 0 atom stereocenters. The van der Waals surface area contributed by atoms with Gasteiger partial charge in [-0.3, -0.25) is 10.1 Å². The van der Waals surface area contributed by atoms with Gasteiger partial charge >= 0.3 is 0 Å². The molecule has 0 unspecified atom stereocenters. The van der Waals surface area contributed by atoms with E-state index >= 15 is 0 Å². The van der Waals surface area contributed by atoms with Crippen LogP contribution in [0, 0.1) is 15.5 Å². The van der Waals surface area contributed by atoms with Crippen LogP contribution in [-0.4, -0.2) is 16.5 Å². The molecule has 0 amide bonds. The second-order valence-corrected chi connectivity index (χ2v) is 4.76. The third-order valence-corrected chi connectivity index (χ3v) is 3.34. The first-order chi connectivity index (χ1) is 8.15. The van der Waals surface area contributed by atoms with Crippen LogP contribution in [0.25, 0.3) is 0 Å². The zero-order chi connectivity index (χ0) is 12.3. The number of hydrogen-bond acceptors (Lipinski definition) is 4. The average Bonchev–Trinajstić information content (AvgIpc) is 3.08. The molecule has 0 spiro atoms. The van der Waals surface area contributed by atoms with Crippen molar-refractivity contribution in [2.24, 2.45) is 5.41 Å².